The zero-order valence-electron chi connectivity index (χ0n) is 46.3. The zero-order valence-corrected chi connectivity index (χ0v) is 47.3. The first-order valence-corrected chi connectivity index (χ1v) is 28.7. The monoisotopic (exact) mass is 1030 g/mol. The zero-order chi connectivity index (χ0) is 54.7. The van der Waals surface area contributed by atoms with Gasteiger partial charge in [0.15, 0.2) is 5.78 Å². The van der Waals surface area contributed by atoms with Gasteiger partial charge in [-0.3, -0.25) is 19.2 Å². The van der Waals surface area contributed by atoms with E-state index in [9.17, 15) is 24.0 Å². The Morgan fingerprint density at radius 2 is 1.11 bits per heavy atom. The van der Waals surface area contributed by atoms with Crippen LogP contribution < -0.4 is 0 Å². The molecular weight excluding hydrogens is 933 g/mol. The summed E-state index contributed by atoms with van der Waals surface area (Å²) < 4.78 is 47.0. The number of carboxylic acids is 1. The summed E-state index contributed by atoms with van der Waals surface area (Å²) in [6, 6.07) is 0. The summed E-state index contributed by atoms with van der Waals surface area (Å²) >= 11 is 0. The molecule has 71 heavy (non-hydrogen) atoms. The molecule has 4 fully saturated rings. The van der Waals surface area contributed by atoms with Gasteiger partial charge < -0.3 is 52.2 Å². The van der Waals surface area contributed by atoms with Gasteiger partial charge in [-0.25, -0.2) is 4.79 Å². The number of allylic oxidation sites excluding steroid dienone is 2. The summed E-state index contributed by atoms with van der Waals surface area (Å²) in [4.78, 5) is 63.0. The van der Waals surface area contributed by atoms with E-state index in [-0.39, 0.29) is 79.1 Å². The molecule has 17 heteroatoms. The number of carbonyl (C=O) groups excluding carboxylic acids is 5. The van der Waals surface area contributed by atoms with Crippen LogP contribution in [0.25, 0.3) is 0 Å². The summed E-state index contributed by atoms with van der Waals surface area (Å²) in [5.74, 6) is 0.911. The molecule has 0 saturated carbocycles. The van der Waals surface area contributed by atoms with Crippen molar-refractivity contribution in [2.45, 2.75) is 228 Å². The van der Waals surface area contributed by atoms with E-state index in [0.29, 0.717) is 62.3 Å². The molecule has 4 saturated heterocycles. The number of rotatable bonds is 11. The van der Waals surface area contributed by atoms with Gasteiger partial charge in [0.25, 0.3) is 0 Å². The van der Waals surface area contributed by atoms with E-state index in [1.807, 2.05) is 62.3 Å². The van der Waals surface area contributed by atoms with E-state index in [1.165, 1.54) is 19.3 Å². The lowest BCUT2D eigenvalue weighted by molar-refractivity contribution is -0.146. The van der Waals surface area contributed by atoms with Gasteiger partial charge in [0.1, 0.15) is 18.2 Å². The fourth-order valence-corrected chi connectivity index (χ4v) is 9.20. The highest BCUT2D eigenvalue weighted by Crippen LogP contribution is 2.28. The Balaban J connectivity index is 0. The molecule has 5 heterocycles. The Kier molecular flexibility index (Phi) is 38.2. The van der Waals surface area contributed by atoms with Crippen molar-refractivity contribution in [1.82, 2.24) is 0 Å². The minimum absolute atomic E-state index is 0.0706. The number of aliphatic carboxylic acids is 1. The summed E-state index contributed by atoms with van der Waals surface area (Å²) in [5, 5.41) is 8.60. The third-order valence-electron chi connectivity index (χ3n) is 10.4. The number of carbonyl (C=O) groups is 6. The van der Waals surface area contributed by atoms with Crippen molar-refractivity contribution in [1.29, 1.82) is 0 Å². The lowest BCUT2D eigenvalue weighted by Crippen LogP contribution is -2.30. The van der Waals surface area contributed by atoms with E-state index < -0.39 is 14.3 Å². The van der Waals surface area contributed by atoms with Crippen molar-refractivity contribution in [2.75, 3.05) is 20.3 Å². The molecule has 9 atom stereocenters. The van der Waals surface area contributed by atoms with Crippen molar-refractivity contribution >= 4 is 44.1 Å². The lowest BCUT2D eigenvalue weighted by Gasteiger charge is -2.31. The Hall–Kier alpha value is -4.16. The maximum absolute atomic E-state index is 11.3. The Labute approximate surface area is 428 Å². The predicted molar refractivity (Wildman–Crippen MR) is 278 cm³/mol. The normalized spacial score (nSPS) is 27.7. The minimum atomic E-state index is -1.48. The Morgan fingerprint density at radius 3 is 1.46 bits per heavy atom. The second-order valence-corrected chi connectivity index (χ2v) is 24.0. The fraction of sp³-hybridized carbons (Fsp3) is 0.741. The topological polar surface area (TPSA) is 206 Å². The highest BCUT2D eigenvalue weighted by Gasteiger charge is 2.28. The molecular formula is C54H94O16Si. The maximum atomic E-state index is 11.3. The molecule has 1 unspecified atom stereocenters. The standard InChI is InChI=1S/C11H20O3.C11H18O3.C9H16O3.C8H16O2Si.C7H12O2.C6H8O2.C2H4O/c2*1-4-13-11(12)7-10-5-8(2)14-9(3)6-10;1-6-3-8(5-9(10)11)4-7(2)12-6;1-8(6-7-9-2)10-11(3,4)5;1-5-3-7(8)4-6(2)9-5;1-5-4-6(7)2-3-8-5;1-2-3/h8-10H,4-7H2,1-3H3;7-9H,4-6H2,1-3H3;6-8H,3-5H2,1-2H3,(H,10,11);6-7H,1H2,2-5H3;5-6H,3-4H2,1-2H3;2-3,5H,4H2,1H3;2H,1H3/b;;;7-6+;;;/t2*8-,9-;6-,7-;;5-,6-;;/m111.1../s1. The quantitative estimate of drug-likeness (QED) is 0.0510. The molecule has 0 radical (unpaired) electrons. The first-order chi connectivity index (χ1) is 33.1. The molecule has 0 bridgehead atoms. The van der Waals surface area contributed by atoms with Gasteiger partial charge in [0.05, 0.1) is 87.4 Å². The van der Waals surface area contributed by atoms with Crippen molar-refractivity contribution < 1.29 is 76.2 Å². The molecule has 0 aromatic carbocycles. The van der Waals surface area contributed by atoms with Gasteiger partial charge in [-0.15, -0.1) is 0 Å². The summed E-state index contributed by atoms with van der Waals surface area (Å²) in [6.45, 7) is 34.0. The highest BCUT2D eigenvalue weighted by atomic mass is 28.4. The summed E-state index contributed by atoms with van der Waals surface area (Å²) in [7, 11) is 0.119. The lowest BCUT2D eigenvalue weighted by atomic mass is 9.90. The smallest absolute Gasteiger partial charge is 0.330 e. The largest absolute Gasteiger partial charge is 0.545 e. The number of esters is 2. The first-order valence-electron chi connectivity index (χ1n) is 25.3. The second-order valence-electron chi connectivity index (χ2n) is 19.6. The van der Waals surface area contributed by atoms with Crippen LogP contribution in [0.4, 0.5) is 0 Å². The van der Waals surface area contributed by atoms with E-state index >= 15 is 0 Å². The van der Waals surface area contributed by atoms with Crippen molar-refractivity contribution in [3.63, 3.8) is 0 Å². The molecule has 5 aliphatic heterocycles. The molecule has 410 valence electrons. The predicted octanol–water partition coefficient (Wildman–Crippen LogP) is 10.6. The number of methoxy groups -OCH3 is 1. The molecule has 5 rings (SSSR count). The highest BCUT2D eigenvalue weighted by molar-refractivity contribution is 6.70. The number of carboxylic acid groups (broad SMARTS) is 1. The molecule has 1 N–H and O–H groups in total. The van der Waals surface area contributed by atoms with Gasteiger partial charge in [0.2, 0.25) is 8.32 Å². The number of hydrogen-bond acceptors (Lipinski definition) is 15. The van der Waals surface area contributed by atoms with Gasteiger partial charge >= 0.3 is 17.9 Å². The van der Waals surface area contributed by atoms with Gasteiger partial charge in [0, 0.05) is 50.3 Å². The maximum Gasteiger partial charge on any atom is 0.330 e. The molecule has 0 aromatic rings. The van der Waals surface area contributed by atoms with E-state index in [4.69, 9.17) is 52.2 Å². The molecule has 0 aliphatic carbocycles. The number of Topliss-reactive ketones (excluding diaryl/α,β-unsaturated/α-hetero) is 1. The Morgan fingerprint density at radius 1 is 0.690 bits per heavy atom. The van der Waals surface area contributed by atoms with Crippen molar-refractivity contribution in [3.05, 3.63) is 48.7 Å². The second kappa shape index (κ2) is 39.4. The minimum Gasteiger partial charge on any atom is -0.545 e. The Bertz CT molecular complexity index is 1590. The molecule has 0 aromatic heterocycles. The van der Waals surface area contributed by atoms with Crippen LogP contribution in [0.3, 0.4) is 0 Å². The van der Waals surface area contributed by atoms with Crippen LogP contribution in [0.2, 0.25) is 19.6 Å². The van der Waals surface area contributed by atoms with Crippen LogP contribution in [-0.4, -0.2) is 124 Å². The molecule has 0 amide bonds. The van der Waals surface area contributed by atoms with Crippen molar-refractivity contribution in [3.8, 4) is 0 Å². The molecule has 0 spiro atoms. The third-order valence-corrected chi connectivity index (χ3v) is 11.2. The van der Waals surface area contributed by atoms with Gasteiger partial charge in [-0.1, -0.05) is 12.2 Å². The van der Waals surface area contributed by atoms with Gasteiger partial charge in [-0.05, 0) is 153 Å². The van der Waals surface area contributed by atoms with E-state index in [1.54, 1.807) is 25.5 Å². The van der Waals surface area contributed by atoms with Crippen molar-refractivity contribution in [2.24, 2.45) is 11.8 Å². The number of ether oxygens (including phenoxy) is 8. The average molecular weight is 1030 g/mol. The molecule has 5 aliphatic rings. The fourth-order valence-electron chi connectivity index (χ4n) is 8.34. The number of hydrogen-bond donors (Lipinski definition) is 1. The average Bonchev–Trinajstić information content (AvgIpc) is 3.19. The van der Waals surface area contributed by atoms with Crippen LogP contribution in [0, 0.1) is 11.8 Å². The van der Waals surface area contributed by atoms with Crippen LogP contribution in [-0.2, 0) is 71.1 Å². The number of ketones is 2. The summed E-state index contributed by atoms with van der Waals surface area (Å²) in [5.41, 5.74) is 1.13. The number of aldehydes is 1. The van der Waals surface area contributed by atoms with E-state index in [0.717, 1.165) is 50.4 Å². The van der Waals surface area contributed by atoms with Crippen LogP contribution >= 0.6 is 0 Å². The van der Waals surface area contributed by atoms with Gasteiger partial charge in [-0.2, -0.15) is 0 Å². The third kappa shape index (κ3) is 41.1. The van der Waals surface area contributed by atoms with Crippen LogP contribution in [0.1, 0.15) is 154 Å². The molecule has 16 nitrogen and oxygen atoms in total. The van der Waals surface area contributed by atoms with Crippen LogP contribution in [0.5, 0.6) is 0 Å². The van der Waals surface area contributed by atoms with Crippen LogP contribution in [0.15, 0.2) is 48.7 Å². The van der Waals surface area contributed by atoms with E-state index in [2.05, 4.69) is 40.1 Å². The SMILES string of the molecule is C=C(/C=C/OC)O[Si](C)(C)C.CC1CC(=O)C=CO1.CC=O.CCOC(=O)C=C1C[C@@H](C)O[C@H](C)C1.CCOC(=O)CC1C[C@@H](C)O[C@H](C)C1.C[C@@H]1CC(=O)C[C@@H](C)O1.C[C@@H]1CC(CC(=O)O)C[C@@H](C)O1. The first kappa shape index (κ1) is 68.9. The summed E-state index contributed by atoms with van der Waals surface area (Å²) in [6.07, 6.45) is 18.3.